The summed E-state index contributed by atoms with van der Waals surface area (Å²) in [6.07, 6.45) is 7.59. The van der Waals surface area contributed by atoms with Crippen molar-refractivity contribution in [3.8, 4) is 0 Å². The Hall–Kier alpha value is -2.10. The van der Waals surface area contributed by atoms with Crippen LogP contribution in [0.5, 0.6) is 0 Å². The first-order valence-corrected chi connectivity index (χ1v) is 8.14. The van der Waals surface area contributed by atoms with E-state index in [2.05, 4.69) is 10.3 Å². The number of fused-ring (bicyclic) bond motifs is 1. The predicted molar refractivity (Wildman–Crippen MR) is 88.1 cm³/mol. The molecule has 0 saturated heterocycles. The summed E-state index contributed by atoms with van der Waals surface area (Å²) in [5.41, 5.74) is 0.124. The number of pyridine rings is 1. The molecule has 116 valence electrons. The fraction of sp³-hybridized carbons (Fsp3) is 0.444. The van der Waals surface area contributed by atoms with Crippen molar-refractivity contribution in [2.75, 3.05) is 6.54 Å². The van der Waals surface area contributed by atoms with Crippen LogP contribution in [0.3, 0.4) is 0 Å². The molecule has 1 heterocycles. The smallest absolute Gasteiger partial charge is 0.267 e. The summed E-state index contributed by atoms with van der Waals surface area (Å²) in [4.78, 5) is 26.8. The Morgan fingerprint density at radius 2 is 2.00 bits per heavy atom. The van der Waals surface area contributed by atoms with Crippen LogP contribution in [-0.2, 0) is 0 Å². The highest BCUT2D eigenvalue weighted by Crippen LogP contribution is 2.28. The molecule has 0 atom stereocenters. The van der Waals surface area contributed by atoms with E-state index in [9.17, 15) is 9.59 Å². The largest absolute Gasteiger partial charge is 0.351 e. The average molecular weight is 298 g/mol. The molecule has 1 aromatic carbocycles. The van der Waals surface area contributed by atoms with Crippen LogP contribution in [0.4, 0.5) is 0 Å². The summed E-state index contributed by atoms with van der Waals surface area (Å²) in [5, 5.41) is 4.31. The summed E-state index contributed by atoms with van der Waals surface area (Å²) in [6.45, 7) is 0.671. The van der Waals surface area contributed by atoms with Crippen LogP contribution in [0, 0.1) is 5.92 Å². The number of aromatic amines is 1. The van der Waals surface area contributed by atoms with E-state index >= 15 is 0 Å². The molecule has 2 aromatic rings. The van der Waals surface area contributed by atoms with Gasteiger partial charge in [-0.2, -0.15) is 0 Å². The van der Waals surface area contributed by atoms with Gasteiger partial charge in [0.05, 0.1) is 0 Å². The summed E-state index contributed by atoms with van der Waals surface area (Å²) < 4.78 is 0. The second-order valence-corrected chi connectivity index (χ2v) is 6.15. The maximum Gasteiger partial charge on any atom is 0.267 e. The van der Waals surface area contributed by atoms with Crippen molar-refractivity contribution in [2.24, 2.45) is 5.92 Å². The molecule has 22 heavy (non-hydrogen) atoms. The summed E-state index contributed by atoms with van der Waals surface area (Å²) >= 11 is 0. The monoisotopic (exact) mass is 298 g/mol. The molecule has 1 saturated carbocycles. The molecule has 4 nitrogen and oxygen atoms in total. The maximum atomic E-state index is 12.2. The van der Waals surface area contributed by atoms with E-state index in [4.69, 9.17) is 0 Å². The van der Waals surface area contributed by atoms with Gasteiger partial charge in [-0.1, -0.05) is 43.9 Å². The van der Waals surface area contributed by atoms with Gasteiger partial charge in [-0.05, 0) is 36.3 Å². The van der Waals surface area contributed by atoms with Gasteiger partial charge in [0.15, 0.2) is 0 Å². The van der Waals surface area contributed by atoms with E-state index in [0.29, 0.717) is 17.6 Å². The number of hydrogen-bond acceptors (Lipinski definition) is 2. The highest BCUT2D eigenvalue weighted by atomic mass is 16.2. The van der Waals surface area contributed by atoms with E-state index in [-0.39, 0.29) is 11.5 Å². The van der Waals surface area contributed by atoms with Crippen molar-refractivity contribution in [1.29, 1.82) is 0 Å². The number of aromatic nitrogens is 1. The van der Waals surface area contributed by atoms with Crippen LogP contribution in [-0.4, -0.2) is 17.4 Å². The van der Waals surface area contributed by atoms with Crippen LogP contribution in [0.25, 0.3) is 10.8 Å². The Morgan fingerprint density at radius 3 is 2.82 bits per heavy atom. The Bertz CT molecular complexity index is 714. The van der Waals surface area contributed by atoms with E-state index in [0.717, 1.165) is 17.7 Å². The molecule has 0 radical (unpaired) electrons. The number of rotatable bonds is 5. The predicted octanol–water partition coefficient (Wildman–Crippen LogP) is 3.23. The Kier molecular flexibility index (Phi) is 4.56. The van der Waals surface area contributed by atoms with E-state index in [1.54, 1.807) is 12.1 Å². The van der Waals surface area contributed by atoms with E-state index < -0.39 is 0 Å². The van der Waals surface area contributed by atoms with Crippen LogP contribution in [0.2, 0.25) is 0 Å². The van der Waals surface area contributed by atoms with Gasteiger partial charge < -0.3 is 10.3 Å². The zero-order chi connectivity index (χ0) is 15.4. The number of H-pyrrole nitrogens is 1. The second kappa shape index (κ2) is 6.77. The molecular formula is C18H22N2O2. The van der Waals surface area contributed by atoms with Gasteiger partial charge in [0.1, 0.15) is 5.69 Å². The van der Waals surface area contributed by atoms with Crippen molar-refractivity contribution in [3.05, 3.63) is 46.4 Å². The van der Waals surface area contributed by atoms with Gasteiger partial charge >= 0.3 is 0 Å². The lowest BCUT2D eigenvalue weighted by atomic mass is 10.0. The fourth-order valence-corrected chi connectivity index (χ4v) is 3.32. The average Bonchev–Trinajstić information content (AvgIpc) is 3.04. The van der Waals surface area contributed by atoms with Crippen molar-refractivity contribution >= 4 is 16.7 Å². The van der Waals surface area contributed by atoms with Crippen molar-refractivity contribution < 1.29 is 4.79 Å². The first kappa shape index (κ1) is 14.8. The van der Waals surface area contributed by atoms with Crippen LogP contribution >= 0.6 is 0 Å². The Labute approximate surface area is 129 Å². The lowest BCUT2D eigenvalue weighted by molar-refractivity contribution is 0.0947. The molecule has 1 amide bonds. The molecular weight excluding hydrogens is 276 g/mol. The topological polar surface area (TPSA) is 62.0 Å². The molecule has 1 fully saturated rings. The number of hydrogen-bond donors (Lipinski definition) is 2. The van der Waals surface area contributed by atoms with E-state index in [1.807, 2.05) is 18.2 Å². The molecule has 0 bridgehead atoms. The summed E-state index contributed by atoms with van der Waals surface area (Å²) in [5.74, 6) is 0.645. The Balaban J connectivity index is 1.58. The van der Waals surface area contributed by atoms with Crippen molar-refractivity contribution in [1.82, 2.24) is 10.3 Å². The fourth-order valence-electron chi connectivity index (χ4n) is 3.32. The second-order valence-electron chi connectivity index (χ2n) is 6.15. The number of nitrogens with one attached hydrogen (secondary N) is 2. The molecule has 4 heteroatoms. The van der Waals surface area contributed by atoms with Crippen molar-refractivity contribution in [2.45, 2.75) is 38.5 Å². The lowest BCUT2D eigenvalue weighted by Crippen LogP contribution is -2.27. The third-order valence-electron chi connectivity index (χ3n) is 4.55. The molecule has 0 spiro atoms. The number of benzene rings is 1. The van der Waals surface area contributed by atoms with Gasteiger partial charge in [0, 0.05) is 11.9 Å². The third-order valence-corrected chi connectivity index (χ3v) is 4.55. The zero-order valence-corrected chi connectivity index (χ0v) is 12.7. The number of carbonyl (C=O) groups is 1. The molecule has 3 rings (SSSR count). The summed E-state index contributed by atoms with van der Waals surface area (Å²) in [6, 6.07) is 9.04. The minimum atomic E-state index is -0.214. The molecule has 1 aliphatic rings. The molecule has 0 aliphatic heterocycles. The minimum absolute atomic E-state index is 0.200. The lowest BCUT2D eigenvalue weighted by Gasteiger charge is -2.09. The molecule has 2 N–H and O–H groups in total. The SMILES string of the molecule is O=C(NCCCC1CCCC1)c1cc2ccccc2c(=O)[nH]1. The number of amides is 1. The van der Waals surface area contributed by atoms with Gasteiger partial charge in [-0.3, -0.25) is 9.59 Å². The maximum absolute atomic E-state index is 12.2. The standard InChI is InChI=1S/C18H22N2O2/c21-17-15-10-4-3-9-14(15)12-16(20-17)18(22)19-11-5-8-13-6-1-2-7-13/h3-4,9-10,12-13H,1-2,5-8,11H2,(H,19,22)(H,20,21). The van der Waals surface area contributed by atoms with Crippen LogP contribution in [0.15, 0.2) is 35.1 Å². The van der Waals surface area contributed by atoms with E-state index in [1.165, 1.54) is 32.1 Å². The zero-order valence-electron chi connectivity index (χ0n) is 12.7. The van der Waals surface area contributed by atoms with Crippen molar-refractivity contribution in [3.63, 3.8) is 0 Å². The minimum Gasteiger partial charge on any atom is -0.351 e. The Morgan fingerprint density at radius 1 is 1.23 bits per heavy atom. The third kappa shape index (κ3) is 3.38. The molecule has 0 unspecified atom stereocenters. The van der Waals surface area contributed by atoms with Crippen LogP contribution < -0.4 is 10.9 Å². The van der Waals surface area contributed by atoms with Gasteiger partial charge in [0.2, 0.25) is 0 Å². The molecule has 1 aromatic heterocycles. The quantitative estimate of drug-likeness (QED) is 0.832. The van der Waals surface area contributed by atoms with Gasteiger partial charge in [-0.15, -0.1) is 0 Å². The summed E-state index contributed by atoms with van der Waals surface area (Å²) in [7, 11) is 0. The molecule has 1 aliphatic carbocycles. The first-order chi connectivity index (χ1) is 10.7. The van der Waals surface area contributed by atoms with Gasteiger partial charge in [0.25, 0.3) is 11.5 Å². The highest BCUT2D eigenvalue weighted by Gasteiger charge is 2.14. The first-order valence-electron chi connectivity index (χ1n) is 8.14. The highest BCUT2D eigenvalue weighted by molar-refractivity contribution is 5.96. The van der Waals surface area contributed by atoms with Crippen LogP contribution in [0.1, 0.15) is 49.0 Å². The number of carbonyl (C=O) groups excluding carboxylic acids is 1. The normalized spacial score (nSPS) is 15.3. The van der Waals surface area contributed by atoms with Gasteiger partial charge in [-0.25, -0.2) is 0 Å².